The SMILES string of the molecule is CCC(O)CCCCOC(C)=O. The highest BCUT2D eigenvalue weighted by molar-refractivity contribution is 5.65. The Labute approximate surface area is 73.7 Å². The fourth-order valence-corrected chi connectivity index (χ4v) is 0.902. The fraction of sp³-hybridized carbons (Fsp3) is 0.889. The molecular formula is C9H18O3. The van der Waals surface area contributed by atoms with Crippen molar-refractivity contribution in [2.24, 2.45) is 0 Å². The van der Waals surface area contributed by atoms with Crippen LogP contribution in [-0.4, -0.2) is 23.8 Å². The molecule has 3 nitrogen and oxygen atoms in total. The second kappa shape index (κ2) is 7.10. The number of aliphatic hydroxyl groups is 1. The quantitative estimate of drug-likeness (QED) is 0.490. The van der Waals surface area contributed by atoms with Crippen molar-refractivity contribution in [3.63, 3.8) is 0 Å². The zero-order valence-corrected chi connectivity index (χ0v) is 7.88. The number of hydrogen-bond donors (Lipinski definition) is 1. The molecule has 0 spiro atoms. The predicted octanol–water partition coefficient (Wildman–Crippen LogP) is 1.49. The van der Waals surface area contributed by atoms with Crippen molar-refractivity contribution in [3.05, 3.63) is 0 Å². The standard InChI is InChI=1S/C9H18O3/c1-3-9(11)6-4-5-7-12-8(2)10/h9,11H,3-7H2,1-2H3. The van der Waals surface area contributed by atoms with E-state index in [1.54, 1.807) is 0 Å². The Bertz CT molecular complexity index is 123. The van der Waals surface area contributed by atoms with Gasteiger partial charge in [-0.05, 0) is 25.7 Å². The van der Waals surface area contributed by atoms with E-state index in [0.29, 0.717) is 6.61 Å². The summed E-state index contributed by atoms with van der Waals surface area (Å²) in [4.78, 5) is 10.3. The van der Waals surface area contributed by atoms with Gasteiger partial charge < -0.3 is 9.84 Å². The molecule has 0 aromatic carbocycles. The first-order valence-electron chi connectivity index (χ1n) is 4.48. The highest BCUT2D eigenvalue weighted by Crippen LogP contribution is 2.03. The van der Waals surface area contributed by atoms with Gasteiger partial charge in [0.05, 0.1) is 12.7 Å². The van der Waals surface area contributed by atoms with Crippen molar-refractivity contribution in [1.29, 1.82) is 0 Å². The third-order valence-electron chi connectivity index (χ3n) is 1.71. The van der Waals surface area contributed by atoms with Gasteiger partial charge >= 0.3 is 5.97 Å². The van der Waals surface area contributed by atoms with Crippen molar-refractivity contribution in [1.82, 2.24) is 0 Å². The van der Waals surface area contributed by atoms with Crippen LogP contribution in [0.1, 0.15) is 39.5 Å². The van der Waals surface area contributed by atoms with E-state index in [-0.39, 0.29) is 12.1 Å². The number of rotatable bonds is 6. The molecule has 1 atom stereocenters. The number of carbonyl (C=O) groups excluding carboxylic acids is 1. The van der Waals surface area contributed by atoms with Crippen LogP contribution in [0.25, 0.3) is 0 Å². The van der Waals surface area contributed by atoms with E-state index in [2.05, 4.69) is 0 Å². The van der Waals surface area contributed by atoms with Crippen molar-refractivity contribution in [3.8, 4) is 0 Å². The zero-order valence-electron chi connectivity index (χ0n) is 7.88. The normalized spacial score (nSPS) is 12.6. The van der Waals surface area contributed by atoms with Gasteiger partial charge in [-0.2, -0.15) is 0 Å². The largest absolute Gasteiger partial charge is 0.466 e. The second-order valence-corrected chi connectivity index (χ2v) is 2.90. The fourth-order valence-electron chi connectivity index (χ4n) is 0.902. The Kier molecular flexibility index (Phi) is 6.76. The van der Waals surface area contributed by atoms with Gasteiger partial charge in [0.25, 0.3) is 0 Å². The number of esters is 1. The van der Waals surface area contributed by atoms with Gasteiger partial charge in [-0.15, -0.1) is 0 Å². The second-order valence-electron chi connectivity index (χ2n) is 2.90. The first-order valence-corrected chi connectivity index (χ1v) is 4.48. The topological polar surface area (TPSA) is 46.5 Å². The van der Waals surface area contributed by atoms with Gasteiger partial charge in [0.1, 0.15) is 0 Å². The van der Waals surface area contributed by atoms with E-state index in [1.165, 1.54) is 6.92 Å². The maximum atomic E-state index is 10.3. The number of carbonyl (C=O) groups is 1. The summed E-state index contributed by atoms with van der Waals surface area (Å²) in [6.07, 6.45) is 3.17. The van der Waals surface area contributed by atoms with Crippen LogP contribution in [0, 0.1) is 0 Å². The molecule has 0 aromatic rings. The Balaban J connectivity index is 3.05. The average Bonchev–Trinajstić information content (AvgIpc) is 2.03. The molecule has 0 bridgehead atoms. The summed E-state index contributed by atoms with van der Waals surface area (Å²) in [5.74, 6) is -0.231. The number of hydrogen-bond acceptors (Lipinski definition) is 3. The molecule has 12 heavy (non-hydrogen) atoms. The minimum absolute atomic E-state index is 0.192. The maximum Gasteiger partial charge on any atom is 0.302 e. The molecule has 0 radical (unpaired) electrons. The van der Waals surface area contributed by atoms with Gasteiger partial charge in [-0.1, -0.05) is 6.92 Å². The summed E-state index contributed by atoms with van der Waals surface area (Å²) in [5, 5.41) is 9.16. The number of ether oxygens (including phenoxy) is 1. The summed E-state index contributed by atoms with van der Waals surface area (Å²) in [6, 6.07) is 0. The third kappa shape index (κ3) is 7.54. The molecule has 0 saturated carbocycles. The van der Waals surface area contributed by atoms with E-state index < -0.39 is 0 Å². The Hall–Kier alpha value is -0.570. The molecule has 0 aromatic heterocycles. The number of aliphatic hydroxyl groups excluding tert-OH is 1. The van der Waals surface area contributed by atoms with Crippen molar-refractivity contribution in [2.45, 2.75) is 45.6 Å². The molecule has 0 aliphatic rings. The van der Waals surface area contributed by atoms with E-state index in [1.807, 2.05) is 6.92 Å². The molecule has 0 aliphatic heterocycles. The molecule has 0 rings (SSSR count). The van der Waals surface area contributed by atoms with Gasteiger partial charge in [0.15, 0.2) is 0 Å². The van der Waals surface area contributed by atoms with E-state index >= 15 is 0 Å². The minimum atomic E-state index is -0.231. The predicted molar refractivity (Wildman–Crippen MR) is 46.8 cm³/mol. The first-order chi connectivity index (χ1) is 5.66. The summed E-state index contributed by atoms with van der Waals surface area (Å²) in [5.41, 5.74) is 0. The molecule has 0 aliphatic carbocycles. The highest BCUT2D eigenvalue weighted by Gasteiger charge is 1.99. The van der Waals surface area contributed by atoms with Gasteiger partial charge in [-0.25, -0.2) is 0 Å². The van der Waals surface area contributed by atoms with E-state index in [9.17, 15) is 4.79 Å². The summed E-state index contributed by atoms with van der Waals surface area (Å²) >= 11 is 0. The van der Waals surface area contributed by atoms with Crippen molar-refractivity contribution >= 4 is 5.97 Å². The first kappa shape index (κ1) is 11.4. The molecule has 3 heteroatoms. The van der Waals surface area contributed by atoms with Crippen molar-refractivity contribution in [2.75, 3.05) is 6.61 Å². The lowest BCUT2D eigenvalue weighted by molar-refractivity contribution is -0.141. The van der Waals surface area contributed by atoms with Crippen LogP contribution in [0.3, 0.4) is 0 Å². The lowest BCUT2D eigenvalue weighted by Crippen LogP contribution is -2.05. The molecule has 1 N–H and O–H groups in total. The lowest BCUT2D eigenvalue weighted by Gasteiger charge is -2.06. The molecule has 1 unspecified atom stereocenters. The van der Waals surface area contributed by atoms with Crippen LogP contribution in [0.15, 0.2) is 0 Å². The van der Waals surface area contributed by atoms with Crippen LogP contribution in [-0.2, 0) is 9.53 Å². The summed E-state index contributed by atoms with van der Waals surface area (Å²) in [7, 11) is 0. The van der Waals surface area contributed by atoms with Crippen LogP contribution < -0.4 is 0 Å². The molecule has 72 valence electrons. The maximum absolute atomic E-state index is 10.3. The molecular weight excluding hydrogens is 156 g/mol. The minimum Gasteiger partial charge on any atom is -0.466 e. The lowest BCUT2D eigenvalue weighted by atomic mass is 10.1. The Morgan fingerprint density at radius 3 is 2.67 bits per heavy atom. The van der Waals surface area contributed by atoms with Crippen molar-refractivity contribution < 1.29 is 14.6 Å². The van der Waals surface area contributed by atoms with E-state index in [0.717, 1.165) is 25.7 Å². The molecule has 0 fully saturated rings. The summed E-state index contributed by atoms with van der Waals surface area (Å²) < 4.78 is 4.74. The van der Waals surface area contributed by atoms with Gasteiger partial charge in [0, 0.05) is 6.92 Å². The zero-order chi connectivity index (χ0) is 9.40. The monoisotopic (exact) mass is 174 g/mol. The van der Waals surface area contributed by atoms with Gasteiger partial charge in [0.2, 0.25) is 0 Å². The Morgan fingerprint density at radius 1 is 1.50 bits per heavy atom. The Morgan fingerprint density at radius 2 is 2.17 bits per heavy atom. The number of unbranched alkanes of at least 4 members (excludes halogenated alkanes) is 1. The molecule has 0 heterocycles. The third-order valence-corrected chi connectivity index (χ3v) is 1.71. The van der Waals surface area contributed by atoms with Crippen LogP contribution in [0.4, 0.5) is 0 Å². The van der Waals surface area contributed by atoms with E-state index in [4.69, 9.17) is 9.84 Å². The average molecular weight is 174 g/mol. The molecule has 0 amide bonds. The highest BCUT2D eigenvalue weighted by atomic mass is 16.5. The van der Waals surface area contributed by atoms with Gasteiger partial charge in [-0.3, -0.25) is 4.79 Å². The smallest absolute Gasteiger partial charge is 0.302 e. The van der Waals surface area contributed by atoms with Crippen LogP contribution in [0.5, 0.6) is 0 Å². The van der Waals surface area contributed by atoms with Crippen LogP contribution >= 0.6 is 0 Å². The van der Waals surface area contributed by atoms with Crippen LogP contribution in [0.2, 0.25) is 0 Å². The molecule has 0 saturated heterocycles. The summed E-state index contributed by atoms with van der Waals surface area (Å²) in [6.45, 7) is 3.84.